The van der Waals surface area contributed by atoms with E-state index in [1.54, 1.807) is 5.31 Å². The molecule has 0 aromatic carbocycles. The van der Waals surface area contributed by atoms with E-state index in [1.165, 1.54) is 19.3 Å². The fraction of sp³-hybridized carbons (Fsp3) is 1.00. The summed E-state index contributed by atoms with van der Waals surface area (Å²) < 4.78 is 7.11. The molecule has 0 saturated carbocycles. The molecule has 0 unspecified atom stereocenters. The summed E-state index contributed by atoms with van der Waals surface area (Å²) in [5.74, 6) is 0. The largest absolute Gasteiger partial charge is 0.317 e. The average molecular weight is 87.2 g/mol. The molecule has 1 aliphatic heterocycles. The van der Waals surface area contributed by atoms with Gasteiger partial charge in [0.15, 0.2) is 0 Å². The van der Waals surface area contributed by atoms with E-state index in [0.717, 1.165) is 13.1 Å². The van der Waals surface area contributed by atoms with Crippen molar-refractivity contribution in [2.24, 2.45) is 0 Å². The van der Waals surface area contributed by atoms with Crippen molar-refractivity contribution in [3.05, 3.63) is 0 Å². The van der Waals surface area contributed by atoms with E-state index in [-0.39, 0.29) is 0 Å². The molecular weight excluding hydrogens is 74.1 g/mol. The minimum atomic E-state index is 0.986. The van der Waals surface area contributed by atoms with Gasteiger partial charge >= 0.3 is 0 Å². The monoisotopic (exact) mass is 87.1 g/mol. The summed E-state index contributed by atoms with van der Waals surface area (Å²) in [6, 6.07) is 0. The highest BCUT2D eigenvalue weighted by Crippen LogP contribution is 1.96. The van der Waals surface area contributed by atoms with Crippen LogP contribution >= 0.6 is 0 Å². The van der Waals surface area contributed by atoms with Crippen molar-refractivity contribution in [3.8, 4) is 0 Å². The van der Waals surface area contributed by atoms with Crippen LogP contribution in [0.4, 0.5) is 0 Å². The van der Waals surface area contributed by atoms with E-state index in [2.05, 4.69) is 0 Å². The number of rotatable bonds is 0. The summed E-state index contributed by atoms with van der Waals surface area (Å²) in [5.41, 5.74) is 0. The van der Waals surface area contributed by atoms with E-state index in [0.29, 0.717) is 0 Å². The molecule has 0 amide bonds. The normalized spacial score (nSPS) is 29.7. The molecule has 1 aliphatic rings. The molecule has 0 spiro atoms. The van der Waals surface area contributed by atoms with Crippen LogP contribution in [-0.4, -0.2) is 13.1 Å². The first-order valence-corrected chi connectivity index (χ1v) is 2.63. The Bertz CT molecular complexity index is 50.0. The predicted octanol–water partition coefficient (Wildman–Crippen LogP) is 0.760. The third kappa shape index (κ3) is 0.977. The highest BCUT2D eigenvalue weighted by molar-refractivity contribution is 4.55. The predicted molar refractivity (Wildman–Crippen MR) is 26.7 cm³/mol. The van der Waals surface area contributed by atoms with Gasteiger partial charge in [-0.1, -0.05) is 6.42 Å². The summed E-state index contributed by atoms with van der Waals surface area (Å²) in [7, 11) is 0. The Morgan fingerprint density at radius 3 is 2.17 bits per heavy atom. The maximum Gasteiger partial charge on any atom is 0.122 e. The summed E-state index contributed by atoms with van der Waals surface area (Å²) >= 11 is 0. The third-order valence-electron chi connectivity index (χ3n) is 1.13. The summed E-state index contributed by atoms with van der Waals surface area (Å²) in [6.07, 6.45) is 3.78. The molecule has 6 heavy (non-hydrogen) atoms. The molecule has 1 saturated heterocycles. The van der Waals surface area contributed by atoms with Crippen LogP contribution in [0, 0.1) is 0 Å². The maximum atomic E-state index is 7.11. The highest BCUT2D eigenvalue weighted by Gasteiger charge is 1.93. The molecule has 1 N–H and O–H groups in total. The van der Waals surface area contributed by atoms with Gasteiger partial charge in [-0.25, -0.2) is 0 Å². The molecule has 0 aromatic heterocycles. The first-order chi connectivity index (χ1) is 3.39. The van der Waals surface area contributed by atoms with Gasteiger partial charge < -0.3 is 5.31 Å². The molecular formula is C5H11N. The molecule has 1 heteroatoms. The molecule has 0 bridgehead atoms. The zero-order valence-electron chi connectivity index (χ0n) is 4.98. The fourth-order valence-corrected chi connectivity index (χ4v) is 0.736. The van der Waals surface area contributed by atoms with Gasteiger partial charge in [0, 0.05) is 0 Å². The Morgan fingerprint density at radius 2 is 1.83 bits per heavy atom. The molecule has 0 radical (unpaired) electrons. The number of piperidine rings is 1. The van der Waals surface area contributed by atoms with Crippen molar-refractivity contribution >= 4 is 0 Å². The van der Waals surface area contributed by atoms with E-state index in [4.69, 9.17) is 1.41 Å². The van der Waals surface area contributed by atoms with Gasteiger partial charge in [0.1, 0.15) is 1.41 Å². The molecule has 0 atom stereocenters. The summed E-state index contributed by atoms with van der Waals surface area (Å²) in [4.78, 5) is 0. The zero-order chi connectivity index (χ0) is 5.11. The van der Waals surface area contributed by atoms with Crippen LogP contribution in [0.25, 0.3) is 0 Å². The lowest BCUT2D eigenvalue weighted by Gasteiger charge is -2.08. The SMILES string of the molecule is [3H]N1CCCCC1. The van der Waals surface area contributed by atoms with Crippen LogP contribution in [0.2, 0.25) is 1.41 Å². The number of hydrogen-bond acceptors (Lipinski definition) is 1. The van der Waals surface area contributed by atoms with Gasteiger partial charge in [-0.15, -0.1) is 0 Å². The van der Waals surface area contributed by atoms with E-state index < -0.39 is 0 Å². The van der Waals surface area contributed by atoms with E-state index in [1.807, 2.05) is 0 Å². The smallest absolute Gasteiger partial charge is 0.122 e. The van der Waals surface area contributed by atoms with Crippen molar-refractivity contribution in [3.63, 3.8) is 0 Å². The standard InChI is InChI=1S/C5H11N/c1-2-4-6-5-3-1/h6H,1-5H2/i/hT. The van der Waals surface area contributed by atoms with Crippen molar-refractivity contribution in [2.45, 2.75) is 19.3 Å². The van der Waals surface area contributed by atoms with Crippen molar-refractivity contribution in [1.29, 1.82) is 0 Å². The van der Waals surface area contributed by atoms with Crippen LogP contribution < -0.4 is 5.31 Å². The van der Waals surface area contributed by atoms with Crippen LogP contribution in [0.1, 0.15) is 19.3 Å². The van der Waals surface area contributed by atoms with Gasteiger partial charge in [0.2, 0.25) is 0 Å². The molecule has 0 aromatic rings. The Labute approximate surface area is 40.2 Å². The molecule has 1 heterocycles. The summed E-state index contributed by atoms with van der Waals surface area (Å²) in [6.45, 7) is 1.97. The lowest BCUT2D eigenvalue weighted by Crippen LogP contribution is -2.21. The van der Waals surface area contributed by atoms with Crippen LogP contribution in [0.3, 0.4) is 0 Å². The number of hydrogen-bond donors (Lipinski definition) is 1. The second-order valence-corrected chi connectivity index (χ2v) is 1.73. The molecule has 1 nitrogen and oxygen atoms in total. The van der Waals surface area contributed by atoms with Gasteiger partial charge in [0.05, 0.1) is 0 Å². The quantitative estimate of drug-likeness (QED) is 0.460. The molecule has 1 fully saturated rings. The average Bonchev–Trinajstić information content (AvgIpc) is 1.69. The second-order valence-electron chi connectivity index (χ2n) is 1.73. The first kappa shape index (κ1) is 3.03. The van der Waals surface area contributed by atoms with Crippen LogP contribution in [0.15, 0.2) is 0 Å². The minimum Gasteiger partial charge on any atom is -0.317 e. The lowest BCUT2D eigenvalue weighted by atomic mass is 10.2. The Hall–Kier alpha value is -0.0400. The number of nitrogens with one attached hydrogen (secondary N) is 1. The fourth-order valence-electron chi connectivity index (χ4n) is 0.736. The molecule has 36 valence electrons. The Balaban J connectivity index is 2.12. The van der Waals surface area contributed by atoms with E-state index in [9.17, 15) is 0 Å². The maximum absolute atomic E-state index is 7.11. The highest BCUT2D eigenvalue weighted by atomic mass is 14.9. The summed E-state index contributed by atoms with van der Waals surface area (Å²) in [5, 5.41) is 1.64. The van der Waals surface area contributed by atoms with E-state index >= 15 is 0 Å². The zero-order valence-corrected chi connectivity index (χ0v) is 3.98. The minimum absolute atomic E-state index is 0.986. The van der Waals surface area contributed by atoms with Crippen LogP contribution in [0.5, 0.6) is 0 Å². The topological polar surface area (TPSA) is 12.0 Å². The molecule has 1 rings (SSSR count). The van der Waals surface area contributed by atoms with Crippen molar-refractivity contribution in [2.75, 3.05) is 13.1 Å². The van der Waals surface area contributed by atoms with Gasteiger partial charge in [0.25, 0.3) is 0 Å². The van der Waals surface area contributed by atoms with Gasteiger partial charge in [-0.2, -0.15) is 0 Å². The van der Waals surface area contributed by atoms with Gasteiger partial charge in [-0.3, -0.25) is 0 Å². The van der Waals surface area contributed by atoms with Crippen LogP contribution in [-0.2, 0) is 0 Å². The van der Waals surface area contributed by atoms with Gasteiger partial charge in [-0.05, 0) is 25.9 Å². The first-order valence-electron chi connectivity index (χ1n) is 3.08. The van der Waals surface area contributed by atoms with Crippen molar-refractivity contribution in [1.82, 2.24) is 5.31 Å². The lowest BCUT2D eigenvalue weighted by molar-refractivity contribution is 0.520. The Kier molecular flexibility index (Phi) is 1.10. The second kappa shape index (κ2) is 2.19. The third-order valence-corrected chi connectivity index (χ3v) is 1.13. The Morgan fingerprint density at radius 1 is 1.17 bits per heavy atom. The molecule has 0 aliphatic carbocycles. The van der Waals surface area contributed by atoms with Crippen molar-refractivity contribution < 1.29 is 1.41 Å².